The lowest BCUT2D eigenvalue weighted by atomic mass is 9.78. The largest absolute Gasteiger partial charge is 0.377 e. The van der Waals surface area contributed by atoms with Crippen molar-refractivity contribution in [2.24, 2.45) is 5.73 Å². The van der Waals surface area contributed by atoms with E-state index in [1.54, 1.807) is 25.3 Å². The lowest BCUT2D eigenvalue weighted by Gasteiger charge is -2.32. The summed E-state index contributed by atoms with van der Waals surface area (Å²) in [6.45, 7) is 0.577. The molecule has 3 aromatic rings. The number of benzene rings is 1. The van der Waals surface area contributed by atoms with Gasteiger partial charge in [-0.3, -0.25) is 0 Å². The number of anilines is 1. The zero-order chi connectivity index (χ0) is 19.5. The van der Waals surface area contributed by atoms with Crippen molar-refractivity contribution >= 4 is 30.6 Å². The van der Waals surface area contributed by atoms with Crippen LogP contribution in [0.4, 0.5) is 10.2 Å². The Morgan fingerprint density at radius 2 is 1.97 bits per heavy atom. The van der Waals surface area contributed by atoms with Crippen LogP contribution in [0.3, 0.4) is 0 Å². The summed E-state index contributed by atoms with van der Waals surface area (Å²) >= 11 is 0. The first-order valence-electron chi connectivity index (χ1n) is 9.06. The Morgan fingerprint density at radius 1 is 1.20 bits per heavy atom. The van der Waals surface area contributed by atoms with Gasteiger partial charge in [0.1, 0.15) is 18.2 Å². The fourth-order valence-electron chi connectivity index (χ4n) is 3.16. The first kappa shape index (κ1) is 23.9. The van der Waals surface area contributed by atoms with Crippen LogP contribution in [-0.2, 0) is 17.9 Å². The normalized spacial score (nSPS) is 17.4. The van der Waals surface area contributed by atoms with E-state index in [1.165, 1.54) is 6.07 Å². The third-order valence-electron chi connectivity index (χ3n) is 4.66. The molecule has 3 N–H and O–H groups in total. The molecule has 0 amide bonds. The van der Waals surface area contributed by atoms with E-state index in [1.807, 2.05) is 6.07 Å². The summed E-state index contributed by atoms with van der Waals surface area (Å²) in [5.41, 5.74) is 7.14. The molecule has 2 aromatic heterocycles. The van der Waals surface area contributed by atoms with E-state index >= 15 is 0 Å². The summed E-state index contributed by atoms with van der Waals surface area (Å²) in [6, 6.07) is 8.44. The highest BCUT2D eigenvalue weighted by atomic mass is 35.5. The molecule has 8 nitrogen and oxygen atoms in total. The van der Waals surface area contributed by atoms with Gasteiger partial charge >= 0.3 is 0 Å². The highest BCUT2D eigenvalue weighted by Gasteiger charge is 2.29. The number of methoxy groups -OCH3 is 1. The standard InChI is InChI=1S/C19H21FN6O2.2ClH/c1-27-10-17-23-15(11-6-12(21)7-11)8-16(24-17)22-9-18-25-19(26-28-18)13-4-2-3-5-14(13)20;;/h2-5,8,11-12H,6-7,9-10,21H2,1H3,(H,22,23,24);2*1H. The minimum atomic E-state index is -0.397. The van der Waals surface area contributed by atoms with Gasteiger partial charge in [-0.25, -0.2) is 14.4 Å². The van der Waals surface area contributed by atoms with Gasteiger partial charge in [0.05, 0.1) is 12.1 Å². The van der Waals surface area contributed by atoms with Gasteiger partial charge in [0.25, 0.3) is 0 Å². The minimum absolute atomic E-state index is 0. The summed E-state index contributed by atoms with van der Waals surface area (Å²) in [6.07, 6.45) is 1.83. The maximum atomic E-state index is 13.9. The maximum absolute atomic E-state index is 13.9. The molecule has 1 aliphatic carbocycles. The monoisotopic (exact) mass is 456 g/mol. The molecular formula is C19H23Cl2FN6O2. The molecule has 0 saturated heterocycles. The molecule has 11 heteroatoms. The van der Waals surface area contributed by atoms with Gasteiger partial charge < -0.3 is 20.3 Å². The highest BCUT2D eigenvalue weighted by Crippen LogP contribution is 2.35. The Bertz CT molecular complexity index is 968. The van der Waals surface area contributed by atoms with Crippen molar-refractivity contribution in [2.75, 3.05) is 12.4 Å². The van der Waals surface area contributed by atoms with Crippen molar-refractivity contribution < 1.29 is 13.7 Å². The van der Waals surface area contributed by atoms with Crippen molar-refractivity contribution in [2.45, 2.75) is 38.0 Å². The van der Waals surface area contributed by atoms with Crippen LogP contribution in [0.25, 0.3) is 11.4 Å². The number of aromatic nitrogens is 4. The molecule has 0 atom stereocenters. The number of nitrogens with two attached hydrogens (primary N) is 1. The van der Waals surface area contributed by atoms with Crippen LogP contribution < -0.4 is 11.1 Å². The molecule has 0 bridgehead atoms. The third-order valence-corrected chi connectivity index (χ3v) is 4.66. The predicted molar refractivity (Wildman–Crippen MR) is 114 cm³/mol. The molecule has 30 heavy (non-hydrogen) atoms. The van der Waals surface area contributed by atoms with Crippen LogP contribution in [0.15, 0.2) is 34.9 Å². The Kier molecular flexibility index (Phi) is 8.48. The van der Waals surface area contributed by atoms with Gasteiger partial charge in [0, 0.05) is 30.8 Å². The van der Waals surface area contributed by atoms with E-state index < -0.39 is 5.82 Å². The second-order valence-corrected chi connectivity index (χ2v) is 6.80. The van der Waals surface area contributed by atoms with Crippen molar-refractivity contribution in [1.82, 2.24) is 20.1 Å². The average molecular weight is 457 g/mol. The van der Waals surface area contributed by atoms with Crippen LogP contribution in [0.1, 0.15) is 36.2 Å². The number of ether oxygens (including phenoxy) is 1. The lowest BCUT2D eigenvalue weighted by molar-refractivity contribution is 0.177. The fourth-order valence-corrected chi connectivity index (χ4v) is 3.16. The molecule has 0 spiro atoms. The van der Waals surface area contributed by atoms with Gasteiger partial charge in [0.15, 0.2) is 5.82 Å². The zero-order valence-corrected chi connectivity index (χ0v) is 17.9. The Labute approximate surface area is 185 Å². The van der Waals surface area contributed by atoms with Crippen molar-refractivity contribution in [3.8, 4) is 11.4 Å². The Hall–Kier alpha value is -2.33. The molecule has 1 aliphatic rings. The van der Waals surface area contributed by atoms with Crippen molar-refractivity contribution in [1.29, 1.82) is 0 Å². The zero-order valence-electron chi connectivity index (χ0n) is 16.2. The second kappa shape index (κ2) is 10.6. The van der Waals surface area contributed by atoms with E-state index in [0.717, 1.165) is 18.5 Å². The Morgan fingerprint density at radius 3 is 2.67 bits per heavy atom. The van der Waals surface area contributed by atoms with Gasteiger partial charge in [-0.1, -0.05) is 17.3 Å². The van der Waals surface area contributed by atoms with E-state index in [0.29, 0.717) is 35.6 Å². The molecular weight excluding hydrogens is 434 g/mol. The van der Waals surface area contributed by atoms with Crippen LogP contribution >= 0.6 is 24.8 Å². The summed E-state index contributed by atoms with van der Waals surface area (Å²) in [5, 5.41) is 7.02. The van der Waals surface area contributed by atoms with Crippen LogP contribution in [-0.4, -0.2) is 33.3 Å². The van der Waals surface area contributed by atoms with Crippen LogP contribution in [0, 0.1) is 5.82 Å². The SMILES string of the molecule is COCc1nc(NCc2nc(-c3ccccc3F)no2)cc(C2CC(N)C2)n1.Cl.Cl. The maximum Gasteiger partial charge on any atom is 0.246 e. The molecule has 162 valence electrons. The first-order valence-corrected chi connectivity index (χ1v) is 9.06. The van der Waals surface area contributed by atoms with E-state index in [-0.39, 0.29) is 43.2 Å². The first-order chi connectivity index (χ1) is 13.6. The molecule has 0 aliphatic heterocycles. The lowest BCUT2D eigenvalue weighted by Crippen LogP contribution is -2.35. The second-order valence-electron chi connectivity index (χ2n) is 6.80. The van der Waals surface area contributed by atoms with Crippen molar-refractivity contribution in [3.63, 3.8) is 0 Å². The van der Waals surface area contributed by atoms with Crippen molar-refractivity contribution in [3.05, 3.63) is 53.6 Å². The molecule has 1 saturated carbocycles. The van der Waals surface area contributed by atoms with Gasteiger partial charge in [-0.15, -0.1) is 24.8 Å². The molecule has 4 rings (SSSR count). The quantitative estimate of drug-likeness (QED) is 0.555. The number of hydrogen-bond donors (Lipinski definition) is 2. The minimum Gasteiger partial charge on any atom is -0.377 e. The van der Waals surface area contributed by atoms with Crippen LogP contribution in [0.2, 0.25) is 0 Å². The number of nitrogens with zero attached hydrogens (tertiary/aromatic N) is 4. The van der Waals surface area contributed by atoms with Gasteiger partial charge in [-0.2, -0.15) is 4.98 Å². The number of halogens is 3. The molecule has 1 fully saturated rings. The molecule has 2 heterocycles. The predicted octanol–water partition coefficient (Wildman–Crippen LogP) is 3.47. The summed E-state index contributed by atoms with van der Waals surface area (Å²) in [4.78, 5) is 13.3. The summed E-state index contributed by atoms with van der Waals surface area (Å²) in [7, 11) is 1.60. The highest BCUT2D eigenvalue weighted by molar-refractivity contribution is 5.85. The third kappa shape index (κ3) is 5.42. The number of rotatable bonds is 7. The van der Waals surface area contributed by atoms with E-state index in [9.17, 15) is 4.39 Å². The van der Waals surface area contributed by atoms with E-state index in [2.05, 4.69) is 25.4 Å². The van der Waals surface area contributed by atoms with E-state index in [4.69, 9.17) is 15.0 Å². The fraction of sp³-hybridized carbons (Fsp3) is 0.368. The molecule has 0 radical (unpaired) electrons. The van der Waals surface area contributed by atoms with Gasteiger partial charge in [-0.05, 0) is 25.0 Å². The van der Waals surface area contributed by atoms with Gasteiger partial charge in [0.2, 0.25) is 11.7 Å². The summed E-state index contributed by atoms with van der Waals surface area (Å²) < 4.78 is 24.2. The average Bonchev–Trinajstić information content (AvgIpc) is 3.13. The molecule has 0 unspecified atom stereocenters. The smallest absolute Gasteiger partial charge is 0.246 e. The number of hydrogen-bond acceptors (Lipinski definition) is 8. The number of nitrogens with one attached hydrogen (secondary N) is 1. The summed E-state index contributed by atoms with van der Waals surface area (Å²) in [5.74, 6) is 1.72. The Balaban J connectivity index is 0.00000160. The topological polar surface area (TPSA) is 112 Å². The molecule has 1 aromatic carbocycles. The van der Waals surface area contributed by atoms with Crippen LogP contribution in [0.5, 0.6) is 0 Å².